The van der Waals surface area contributed by atoms with Crippen LogP contribution >= 0.6 is 0 Å². The molecule has 0 aliphatic carbocycles. The molecule has 2 rings (SSSR count). The number of nitrogens with one attached hydrogen (secondary N) is 1. The third-order valence-corrected chi connectivity index (χ3v) is 3.13. The summed E-state index contributed by atoms with van der Waals surface area (Å²) >= 11 is 0. The van der Waals surface area contributed by atoms with Crippen molar-refractivity contribution in [1.29, 1.82) is 0 Å². The summed E-state index contributed by atoms with van der Waals surface area (Å²) in [6.45, 7) is 0.221. The number of carboxylic acid groups (broad SMARTS) is 1. The largest absolute Gasteiger partial charge is 0.481 e. The molecule has 0 amide bonds. The third-order valence-electron chi connectivity index (χ3n) is 3.13. The fourth-order valence-electron chi connectivity index (χ4n) is 2.13. The Morgan fingerprint density at radius 1 is 1.44 bits per heavy atom. The molecule has 98 valence electrons. The number of aliphatic carboxylic acids is 1. The molecular formula is C12H12F3NO2. The first kappa shape index (κ1) is 12.9. The van der Waals surface area contributed by atoms with Gasteiger partial charge in [-0.3, -0.25) is 4.79 Å². The summed E-state index contributed by atoms with van der Waals surface area (Å²) in [7, 11) is 0. The van der Waals surface area contributed by atoms with E-state index in [0.717, 1.165) is 18.2 Å². The number of hydrogen-bond acceptors (Lipinski definition) is 2. The molecule has 0 bridgehead atoms. The van der Waals surface area contributed by atoms with E-state index in [0.29, 0.717) is 0 Å². The quantitative estimate of drug-likeness (QED) is 0.876. The maximum atomic E-state index is 13.6. The van der Waals surface area contributed by atoms with Crippen LogP contribution in [0.15, 0.2) is 18.2 Å². The first-order chi connectivity index (χ1) is 8.49. The van der Waals surface area contributed by atoms with E-state index in [1.807, 2.05) is 0 Å². The van der Waals surface area contributed by atoms with Crippen molar-refractivity contribution in [2.75, 3.05) is 6.54 Å². The van der Waals surface area contributed by atoms with Gasteiger partial charge in [-0.15, -0.1) is 0 Å². The Morgan fingerprint density at radius 2 is 2.17 bits per heavy atom. The number of benzene rings is 1. The number of halogens is 3. The van der Waals surface area contributed by atoms with E-state index in [1.165, 1.54) is 0 Å². The second kappa shape index (κ2) is 4.97. The molecule has 1 fully saturated rings. The SMILES string of the molecule is O=C(O)C1CNC(c2cc(C(F)F)ccc2F)C1. The fraction of sp³-hybridized carbons (Fsp3) is 0.417. The summed E-state index contributed by atoms with van der Waals surface area (Å²) < 4.78 is 38.6. The molecule has 1 heterocycles. The predicted octanol–water partition coefficient (Wildman–Crippen LogP) is 2.50. The first-order valence-corrected chi connectivity index (χ1v) is 5.52. The van der Waals surface area contributed by atoms with Gasteiger partial charge in [-0.1, -0.05) is 6.07 Å². The van der Waals surface area contributed by atoms with Gasteiger partial charge < -0.3 is 10.4 Å². The van der Waals surface area contributed by atoms with Crippen LogP contribution in [0.1, 0.15) is 30.0 Å². The standard InChI is InChI=1S/C12H12F3NO2/c13-9-2-1-6(11(14)15)3-8(9)10-4-7(5-16-10)12(17)18/h1-3,7,10-11,16H,4-5H2,(H,17,18). The van der Waals surface area contributed by atoms with Crippen molar-refractivity contribution in [3.05, 3.63) is 35.1 Å². The summed E-state index contributed by atoms with van der Waals surface area (Å²) in [5.74, 6) is -2.16. The van der Waals surface area contributed by atoms with Gasteiger partial charge in [-0.25, -0.2) is 13.2 Å². The molecular weight excluding hydrogens is 247 g/mol. The van der Waals surface area contributed by atoms with Crippen LogP contribution in [0.4, 0.5) is 13.2 Å². The Labute approximate surface area is 102 Å². The van der Waals surface area contributed by atoms with Gasteiger partial charge in [0, 0.05) is 23.7 Å². The minimum Gasteiger partial charge on any atom is -0.481 e. The molecule has 6 heteroatoms. The van der Waals surface area contributed by atoms with Crippen molar-refractivity contribution in [3.8, 4) is 0 Å². The molecule has 1 aromatic rings. The molecule has 0 aromatic heterocycles. The van der Waals surface area contributed by atoms with Gasteiger partial charge in [-0.2, -0.15) is 0 Å². The zero-order valence-corrected chi connectivity index (χ0v) is 9.37. The Morgan fingerprint density at radius 3 is 2.72 bits per heavy atom. The van der Waals surface area contributed by atoms with E-state index >= 15 is 0 Å². The second-order valence-corrected chi connectivity index (χ2v) is 4.31. The molecule has 2 unspecified atom stereocenters. The van der Waals surface area contributed by atoms with Crippen LogP contribution in [0.2, 0.25) is 0 Å². The van der Waals surface area contributed by atoms with Crippen molar-refractivity contribution >= 4 is 5.97 Å². The van der Waals surface area contributed by atoms with Crippen molar-refractivity contribution < 1.29 is 23.1 Å². The average molecular weight is 259 g/mol. The van der Waals surface area contributed by atoms with E-state index in [1.54, 1.807) is 0 Å². The Hall–Kier alpha value is -1.56. The topological polar surface area (TPSA) is 49.3 Å². The van der Waals surface area contributed by atoms with Gasteiger partial charge >= 0.3 is 5.97 Å². The fourth-order valence-corrected chi connectivity index (χ4v) is 2.13. The van der Waals surface area contributed by atoms with Gasteiger partial charge in [0.2, 0.25) is 0 Å². The highest BCUT2D eigenvalue weighted by atomic mass is 19.3. The highest BCUT2D eigenvalue weighted by Crippen LogP contribution is 2.31. The minimum atomic E-state index is -2.67. The van der Waals surface area contributed by atoms with E-state index in [2.05, 4.69) is 5.32 Å². The van der Waals surface area contributed by atoms with Crippen LogP contribution in [0.3, 0.4) is 0 Å². The van der Waals surface area contributed by atoms with E-state index in [9.17, 15) is 18.0 Å². The minimum absolute atomic E-state index is 0.108. The van der Waals surface area contributed by atoms with Crippen molar-refractivity contribution in [1.82, 2.24) is 5.32 Å². The molecule has 1 aliphatic heterocycles. The normalized spacial score (nSPS) is 23.6. The van der Waals surface area contributed by atoms with Crippen molar-refractivity contribution in [3.63, 3.8) is 0 Å². The number of alkyl halides is 2. The monoisotopic (exact) mass is 259 g/mol. The van der Waals surface area contributed by atoms with Crippen LogP contribution < -0.4 is 5.32 Å². The van der Waals surface area contributed by atoms with Crippen molar-refractivity contribution in [2.45, 2.75) is 18.9 Å². The van der Waals surface area contributed by atoms with Gasteiger partial charge in [0.15, 0.2) is 0 Å². The van der Waals surface area contributed by atoms with Crippen molar-refractivity contribution in [2.24, 2.45) is 5.92 Å². The molecule has 1 saturated heterocycles. The molecule has 0 saturated carbocycles. The molecule has 18 heavy (non-hydrogen) atoms. The molecule has 0 spiro atoms. The van der Waals surface area contributed by atoms with Crippen LogP contribution in [0.25, 0.3) is 0 Å². The molecule has 1 aromatic carbocycles. The van der Waals surface area contributed by atoms with Crippen LogP contribution in [0, 0.1) is 11.7 Å². The van der Waals surface area contributed by atoms with Gasteiger partial charge in [-0.05, 0) is 18.6 Å². The maximum absolute atomic E-state index is 13.6. The summed E-state index contributed by atoms with van der Waals surface area (Å²) in [4.78, 5) is 10.8. The lowest BCUT2D eigenvalue weighted by molar-refractivity contribution is -0.141. The summed E-state index contributed by atoms with van der Waals surface area (Å²) in [6, 6.07) is 2.60. The summed E-state index contributed by atoms with van der Waals surface area (Å²) in [5, 5.41) is 11.7. The molecule has 2 atom stereocenters. The van der Waals surface area contributed by atoms with E-state index in [4.69, 9.17) is 5.11 Å². The lowest BCUT2D eigenvalue weighted by Crippen LogP contribution is -2.17. The molecule has 3 nitrogen and oxygen atoms in total. The number of hydrogen-bond donors (Lipinski definition) is 2. The third kappa shape index (κ3) is 2.48. The number of carbonyl (C=O) groups is 1. The lowest BCUT2D eigenvalue weighted by Gasteiger charge is -2.13. The molecule has 1 aliphatic rings. The maximum Gasteiger partial charge on any atom is 0.307 e. The zero-order chi connectivity index (χ0) is 13.3. The molecule has 2 N–H and O–H groups in total. The lowest BCUT2D eigenvalue weighted by atomic mass is 9.98. The van der Waals surface area contributed by atoms with Gasteiger partial charge in [0.25, 0.3) is 6.43 Å². The Bertz CT molecular complexity index is 465. The zero-order valence-electron chi connectivity index (χ0n) is 9.37. The van der Waals surface area contributed by atoms with Gasteiger partial charge in [0.05, 0.1) is 5.92 Å². The molecule has 0 radical (unpaired) electrons. The smallest absolute Gasteiger partial charge is 0.307 e. The Balaban J connectivity index is 2.23. The average Bonchev–Trinajstić information content (AvgIpc) is 2.78. The number of rotatable bonds is 3. The first-order valence-electron chi connectivity index (χ1n) is 5.52. The summed E-state index contributed by atoms with van der Waals surface area (Å²) in [5.41, 5.74) is -0.150. The van der Waals surface area contributed by atoms with Crippen LogP contribution in [-0.4, -0.2) is 17.6 Å². The van der Waals surface area contributed by atoms with Crippen LogP contribution in [0.5, 0.6) is 0 Å². The summed E-state index contributed by atoms with van der Waals surface area (Å²) in [6.07, 6.45) is -2.46. The van der Waals surface area contributed by atoms with Gasteiger partial charge in [0.1, 0.15) is 5.82 Å². The highest BCUT2D eigenvalue weighted by molar-refractivity contribution is 5.70. The number of carboxylic acids is 1. The predicted molar refractivity (Wildman–Crippen MR) is 57.8 cm³/mol. The Kier molecular flexibility index (Phi) is 3.56. The van der Waals surface area contributed by atoms with E-state index < -0.39 is 30.2 Å². The van der Waals surface area contributed by atoms with Crippen LogP contribution in [-0.2, 0) is 4.79 Å². The van der Waals surface area contributed by atoms with E-state index in [-0.39, 0.29) is 24.1 Å². The second-order valence-electron chi connectivity index (χ2n) is 4.31. The highest BCUT2D eigenvalue weighted by Gasteiger charge is 2.31.